The van der Waals surface area contributed by atoms with E-state index in [9.17, 15) is 0 Å². The molecule has 1 aromatic heterocycles. The maximum absolute atomic E-state index is 5.84. The van der Waals surface area contributed by atoms with Crippen LogP contribution in [0.1, 0.15) is 18.7 Å². The summed E-state index contributed by atoms with van der Waals surface area (Å²) in [5.41, 5.74) is 0. The summed E-state index contributed by atoms with van der Waals surface area (Å²) in [6.45, 7) is 4.39. The lowest BCUT2D eigenvalue weighted by Gasteiger charge is -2.15. The van der Waals surface area contributed by atoms with Crippen LogP contribution in [0.15, 0.2) is 6.20 Å². The van der Waals surface area contributed by atoms with E-state index in [2.05, 4.69) is 23.4 Å². The molecule has 68 valence electrons. The maximum atomic E-state index is 5.84. The minimum absolute atomic E-state index is 0.550. The van der Waals surface area contributed by atoms with E-state index >= 15 is 0 Å². The third-order valence-electron chi connectivity index (χ3n) is 2.01. The Labute approximate surface area is 82.1 Å². The first-order valence-corrected chi connectivity index (χ1v) is 5.37. The zero-order valence-electron chi connectivity index (χ0n) is 7.33. The molecular formula is C8H13ClN2S. The minimum atomic E-state index is 0.550. The van der Waals surface area contributed by atoms with Gasteiger partial charge in [0.1, 0.15) is 0 Å². The molecule has 0 aliphatic carbocycles. The van der Waals surface area contributed by atoms with Crippen molar-refractivity contribution in [1.82, 2.24) is 9.59 Å². The van der Waals surface area contributed by atoms with Crippen LogP contribution in [0.3, 0.4) is 0 Å². The van der Waals surface area contributed by atoms with Gasteiger partial charge < -0.3 is 0 Å². The maximum Gasteiger partial charge on any atom is 0.0653 e. The van der Waals surface area contributed by atoms with Crippen molar-refractivity contribution in [3.63, 3.8) is 0 Å². The zero-order valence-corrected chi connectivity index (χ0v) is 8.90. The van der Waals surface area contributed by atoms with Crippen molar-refractivity contribution in [2.45, 2.75) is 20.3 Å². The van der Waals surface area contributed by atoms with Crippen molar-refractivity contribution >= 4 is 23.1 Å². The van der Waals surface area contributed by atoms with Crippen LogP contribution >= 0.6 is 23.1 Å². The van der Waals surface area contributed by atoms with E-state index in [-0.39, 0.29) is 0 Å². The van der Waals surface area contributed by atoms with Gasteiger partial charge in [-0.05, 0) is 29.8 Å². The summed E-state index contributed by atoms with van der Waals surface area (Å²) in [5.74, 6) is 1.90. The summed E-state index contributed by atoms with van der Waals surface area (Å²) in [4.78, 5) is 1.23. The van der Waals surface area contributed by atoms with Crippen LogP contribution in [-0.4, -0.2) is 15.5 Å². The molecule has 0 aromatic carbocycles. The van der Waals surface area contributed by atoms with Gasteiger partial charge in [0.25, 0.3) is 0 Å². The second kappa shape index (κ2) is 4.77. The van der Waals surface area contributed by atoms with Gasteiger partial charge in [0, 0.05) is 10.8 Å². The Hall–Kier alpha value is -0.150. The first-order chi connectivity index (χ1) is 5.74. The molecule has 0 bridgehead atoms. The van der Waals surface area contributed by atoms with Crippen LogP contribution < -0.4 is 0 Å². The smallest absolute Gasteiger partial charge is 0.0653 e. The van der Waals surface area contributed by atoms with Gasteiger partial charge in [-0.3, -0.25) is 0 Å². The predicted octanol–water partition coefficient (Wildman–Crippen LogP) is 2.59. The summed E-state index contributed by atoms with van der Waals surface area (Å²) in [6.07, 6.45) is 2.84. The zero-order chi connectivity index (χ0) is 8.97. The van der Waals surface area contributed by atoms with Gasteiger partial charge in [-0.15, -0.1) is 16.7 Å². The molecule has 0 radical (unpaired) electrons. The van der Waals surface area contributed by atoms with Gasteiger partial charge in [0.15, 0.2) is 0 Å². The Kier molecular flexibility index (Phi) is 3.95. The molecule has 2 nitrogen and oxygen atoms in total. The van der Waals surface area contributed by atoms with Gasteiger partial charge in [-0.2, -0.15) is 0 Å². The number of halogens is 1. The summed E-state index contributed by atoms with van der Waals surface area (Å²) in [5, 5.41) is 3.79. The normalized spacial score (nSPS) is 13.7. The summed E-state index contributed by atoms with van der Waals surface area (Å²) in [7, 11) is 0. The molecule has 0 amide bonds. The van der Waals surface area contributed by atoms with E-state index in [0.29, 0.717) is 11.8 Å². The van der Waals surface area contributed by atoms with Crippen LogP contribution in [0.5, 0.6) is 0 Å². The monoisotopic (exact) mass is 204 g/mol. The van der Waals surface area contributed by atoms with Crippen molar-refractivity contribution in [3.8, 4) is 0 Å². The average Bonchev–Trinajstić information content (AvgIpc) is 2.51. The van der Waals surface area contributed by atoms with E-state index in [0.717, 1.165) is 12.3 Å². The lowest BCUT2D eigenvalue weighted by Crippen LogP contribution is -2.12. The minimum Gasteiger partial charge on any atom is -0.146 e. The van der Waals surface area contributed by atoms with E-state index in [1.165, 1.54) is 16.4 Å². The first kappa shape index (κ1) is 9.93. The molecule has 4 heteroatoms. The molecule has 1 rings (SSSR count). The van der Waals surface area contributed by atoms with E-state index < -0.39 is 0 Å². The van der Waals surface area contributed by atoms with E-state index in [4.69, 9.17) is 11.6 Å². The molecule has 0 N–H and O–H groups in total. The Balaban J connectivity index is 2.48. The van der Waals surface area contributed by atoms with Gasteiger partial charge in [-0.1, -0.05) is 18.3 Å². The molecule has 0 saturated carbocycles. The fourth-order valence-corrected chi connectivity index (χ4v) is 2.05. The predicted molar refractivity (Wildman–Crippen MR) is 52.7 cm³/mol. The largest absolute Gasteiger partial charge is 0.146 e. The molecule has 0 aliphatic heterocycles. The van der Waals surface area contributed by atoms with Crippen molar-refractivity contribution in [1.29, 1.82) is 0 Å². The highest BCUT2D eigenvalue weighted by Crippen LogP contribution is 2.19. The lowest BCUT2D eigenvalue weighted by molar-refractivity contribution is 0.424. The molecule has 0 saturated heterocycles. The van der Waals surface area contributed by atoms with Crippen LogP contribution in [0.4, 0.5) is 0 Å². The van der Waals surface area contributed by atoms with Gasteiger partial charge in [0.05, 0.1) is 6.20 Å². The van der Waals surface area contributed by atoms with Crippen molar-refractivity contribution < 1.29 is 0 Å². The van der Waals surface area contributed by atoms with Gasteiger partial charge in [0.2, 0.25) is 0 Å². The van der Waals surface area contributed by atoms with Gasteiger partial charge in [-0.25, -0.2) is 0 Å². The Morgan fingerprint density at radius 2 is 2.33 bits per heavy atom. The first-order valence-electron chi connectivity index (χ1n) is 4.06. The second-order valence-electron chi connectivity index (χ2n) is 3.25. The molecule has 1 atom stereocenters. The SMILES string of the molecule is CC(C)C(CCl)Cc1cnns1. The fraction of sp³-hybridized carbons (Fsp3) is 0.750. The standard InChI is InChI=1S/C8H13ClN2S/c1-6(2)7(4-9)3-8-5-10-11-12-8/h5-7H,3-4H2,1-2H3. The summed E-state index contributed by atoms with van der Waals surface area (Å²) < 4.78 is 3.82. The topological polar surface area (TPSA) is 25.8 Å². The second-order valence-corrected chi connectivity index (χ2v) is 4.43. The molecular weight excluding hydrogens is 192 g/mol. The van der Waals surface area contributed by atoms with E-state index in [1.807, 2.05) is 6.20 Å². The van der Waals surface area contributed by atoms with Crippen molar-refractivity contribution in [2.24, 2.45) is 11.8 Å². The van der Waals surface area contributed by atoms with Crippen LogP contribution in [0, 0.1) is 11.8 Å². The fourth-order valence-electron chi connectivity index (χ4n) is 1.00. The number of nitrogens with zero attached hydrogens (tertiary/aromatic N) is 2. The summed E-state index contributed by atoms with van der Waals surface area (Å²) in [6, 6.07) is 0. The number of hydrogen-bond acceptors (Lipinski definition) is 3. The quantitative estimate of drug-likeness (QED) is 0.705. The van der Waals surface area contributed by atoms with Crippen LogP contribution in [0.25, 0.3) is 0 Å². The lowest BCUT2D eigenvalue weighted by atomic mass is 9.94. The molecule has 0 fully saturated rings. The number of rotatable bonds is 4. The number of alkyl halides is 1. The molecule has 1 unspecified atom stereocenters. The van der Waals surface area contributed by atoms with Crippen LogP contribution in [-0.2, 0) is 6.42 Å². The Morgan fingerprint density at radius 3 is 2.75 bits per heavy atom. The highest BCUT2D eigenvalue weighted by atomic mass is 35.5. The van der Waals surface area contributed by atoms with Gasteiger partial charge >= 0.3 is 0 Å². The third-order valence-corrected chi connectivity index (χ3v) is 3.09. The van der Waals surface area contributed by atoms with Crippen molar-refractivity contribution in [2.75, 3.05) is 5.88 Å². The Bertz CT molecular complexity index is 211. The molecule has 1 heterocycles. The highest BCUT2D eigenvalue weighted by molar-refractivity contribution is 7.05. The third kappa shape index (κ3) is 2.72. The Morgan fingerprint density at radius 1 is 1.58 bits per heavy atom. The molecule has 12 heavy (non-hydrogen) atoms. The number of hydrogen-bond donors (Lipinski definition) is 0. The molecule has 1 aromatic rings. The van der Waals surface area contributed by atoms with Crippen LogP contribution in [0.2, 0.25) is 0 Å². The average molecular weight is 205 g/mol. The molecule has 0 aliphatic rings. The van der Waals surface area contributed by atoms with Crippen molar-refractivity contribution in [3.05, 3.63) is 11.1 Å². The number of aromatic nitrogens is 2. The highest BCUT2D eigenvalue weighted by Gasteiger charge is 2.13. The summed E-state index contributed by atoms with van der Waals surface area (Å²) >= 11 is 7.31. The van der Waals surface area contributed by atoms with E-state index in [1.54, 1.807) is 0 Å². The molecule has 0 spiro atoms.